The number of benzene rings is 1. The van der Waals surface area contributed by atoms with E-state index in [1.54, 1.807) is 0 Å². The van der Waals surface area contributed by atoms with Crippen molar-refractivity contribution in [2.75, 3.05) is 52.5 Å². The highest BCUT2D eigenvalue weighted by Crippen LogP contribution is 2.31. The third kappa shape index (κ3) is 3.23. The Bertz CT molecular complexity index is 445. The molecule has 0 aromatic heterocycles. The van der Waals surface area contributed by atoms with Gasteiger partial charge in [-0.2, -0.15) is 0 Å². The zero-order valence-corrected chi connectivity index (χ0v) is 11.9. The maximum absolute atomic E-state index is 5.64. The summed E-state index contributed by atoms with van der Waals surface area (Å²) in [6.07, 6.45) is 0. The average Bonchev–Trinajstić information content (AvgIpc) is 2.49. The number of fused-ring (bicyclic) bond motifs is 1. The van der Waals surface area contributed by atoms with Crippen LogP contribution in [0.5, 0.6) is 11.5 Å². The minimum Gasteiger partial charge on any atom is -0.486 e. The largest absolute Gasteiger partial charge is 0.486 e. The smallest absolute Gasteiger partial charge is 0.161 e. The fourth-order valence-corrected chi connectivity index (χ4v) is 2.80. The highest BCUT2D eigenvalue weighted by molar-refractivity contribution is 5.43. The van der Waals surface area contributed by atoms with E-state index in [2.05, 4.69) is 21.9 Å². The number of nitrogens with zero attached hydrogens (tertiary/aromatic N) is 2. The number of piperazine rings is 1. The van der Waals surface area contributed by atoms with Gasteiger partial charge in [-0.05, 0) is 17.7 Å². The molecule has 1 saturated heterocycles. The molecular formula is C15H23N3O2. The molecule has 0 atom stereocenters. The van der Waals surface area contributed by atoms with Crippen LogP contribution in [0.15, 0.2) is 18.2 Å². The lowest BCUT2D eigenvalue weighted by molar-refractivity contribution is 0.129. The van der Waals surface area contributed by atoms with Crippen molar-refractivity contribution in [2.24, 2.45) is 5.73 Å². The molecule has 1 aromatic rings. The van der Waals surface area contributed by atoms with E-state index in [1.807, 2.05) is 6.07 Å². The Morgan fingerprint density at radius 3 is 2.40 bits per heavy atom. The predicted molar refractivity (Wildman–Crippen MR) is 78.2 cm³/mol. The summed E-state index contributed by atoms with van der Waals surface area (Å²) in [4.78, 5) is 4.92. The van der Waals surface area contributed by atoms with E-state index in [0.29, 0.717) is 13.2 Å². The van der Waals surface area contributed by atoms with Gasteiger partial charge in [0.1, 0.15) is 13.2 Å². The lowest BCUT2D eigenvalue weighted by atomic mass is 10.1. The number of hydrogen-bond donors (Lipinski definition) is 1. The van der Waals surface area contributed by atoms with Crippen molar-refractivity contribution in [1.82, 2.24) is 9.80 Å². The number of hydrogen-bond acceptors (Lipinski definition) is 5. The Morgan fingerprint density at radius 2 is 1.65 bits per heavy atom. The molecule has 3 rings (SSSR count). The molecule has 2 heterocycles. The van der Waals surface area contributed by atoms with E-state index in [1.165, 1.54) is 5.56 Å². The second kappa shape index (κ2) is 6.43. The monoisotopic (exact) mass is 277 g/mol. The molecule has 0 amide bonds. The van der Waals surface area contributed by atoms with Crippen LogP contribution >= 0.6 is 0 Å². The average molecular weight is 277 g/mol. The molecule has 0 aliphatic carbocycles. The van der Waals surface area contributed by atoms with Crippen LogP contribution in [-0.2, 0) is 6.54 Å². The lowest BCUT2D eigenvalue weighted by Crippen LogP contribution is -2.47. The van der Waals surface area contributed by atoms with Crippen LogP contribution in [0.3, 0.4) is 0 Å². The van der Waals surface area contributed by atoms with Gasteiger partial charge in [-0.1, -0.05) is 6.07 Å². The van der Waals surface area contributed by atoms with E-state index in [4.69, 9.17) is 15.2 Å². The summed E-state index contributed by atoms with van der Waals surface area (Å²) in [7, 11) is 0. The quantitative estimate of drug-likeness (QED) is 0.870. The summed E-state index contributed by atoms with van der Waals surface area (Å²) in [6.45, 7) is 8.48. The molecule has 20 heavy (non-hydrogen) atoms. The zero-order valence-electron chi connectivity index (χ0n) is 11.9. The first kappa shape index (κ1) is 13.7. The van der Waals surface area contributed by atoms with Gasteiger partial charge in [0.25, 0.3) is 0 Å². The molecule has 0 bridgehead atoms. The number of nitrogens with two attached hydrogens (primary N) is 1. The molecule has 0 unspecified atom stereocenters. The van der Waals surface area contributed by atoms with Gasteiger partial charge in [0.2, 0.25) is 0 Å². The Morgan fingerprint density at radius 1 is 0.950 bits per heavy atom. The molecule has 2 aliphatic heterocycles. The van der Waals surface area contributed by atoms with Crippen LogP contribution in [0.1, 0.15) is 5.56 Å². The van der Waals surface area contributed by atoms with Crippen molar-refractivity contribution >= 4 is 0 Å². The molecule has 1 aromatic carbocycles. The fraction of sp³-hybridized carbons (Fsp3) is 0.600. The van der Waals surface area contributed by atoms with E-state index >= 15 is 0 Å². The third-order valence-electron chi connectivity index (χ3n) is 3.92. The van der Waals surface area contributed by atoms with E-state index in [0.717, 1.165) is 57.3 Å². The summed E-state index contributed by atoms with van der Waals surface area (Å²) in [5.41, 5.74) is 6.89. The molecule has 2 N–H and O–H groups in total. The van der Waals surface area contributed by atoms with Crippen molar-refractivity contribution < 1.29 is 9.47 Å². The first-order valence-electron chi connectivity index (χ1n) is 7.38. The number of ether oxygens (including phenoxy) is 2. The lowest BCUT2D eigenvalue weighted by Gasteiger charge is -2.34. The highest BCUT2D eigenvalue weighted by atomic mass is 16.6. The van der Waals surface area contributed by atoms with Crippen LogP contribution in [0.25, 0.3) is 0 Å². The Labute approximate surface area is 120 Å². The Kier molecular flexibility index (Phi) is 4.40. The summed E-state index contributed by atoms with van der Waals surface area (Å²) in [5, 5.41) is 0. The topological polar surface area (TPSA) is 51.0 Å². The standard InChI is InChI=1S/C15H23N3O2/c16-3-4-17-5-7-18(8-6-17)12-13-1-2-14-15(11-13)20-10-9-19-14/h1-2,11H,3-10,12,16H2. The highest BCUT2D eigenvalue weighted by Gasteiger charge is 2.17. The van der Waals surface area contributed by atoms with Crippen molar-refractivity contribution in [3.05, 3.63) is 23.8 Å². The minimum atomic E-state index is 0.647. The van der Waals surface area contributed by atoms with Gasteiger partial charge < -0.3 is 15.2 Å². The molecule has 5 heteroatoms. The Hall–Kier alpha value is -1.30. The molecule has 1 fully saturated rings. The van der Waals surface area contributed by atoms with E-state index in [9.17, 15) is 0 Å². The second-order valence-electron chi connectivity index (χ2n) is 5.38. The van der Waals surface area contributed by atoms with Crippen molar-refractivity contribution in [1.29, 1.82) is 0 Å². The SMILES string of the molecule is NCCN1CCN(Cc2ccc3c(c2)OCCO3)CC1. The first-order valence-corrected chi connectivity index (χ1v) is 7.38. The second-order valence-corrected chi connectivity index (χ2v) is 5.38. The molecule has 110 valence electrons. The van der Waals surface area contributed by atoms with Gasteiger partial charge in [0, 0.05) is 45.8 Å². The van der Waals surface area contributed by atoms with Gasteiger partial charge in [0.15, 0.2) is 11.5 Å². The van der Waals surface area contributed by atoms with Crippen LogP contribution < -0.4 is 15.2 Å². The van der Waals surface area contributed by atoms with Crippen molar-refractivity contribution in [3.63, 3.8) is 0 Å². The third-order valence-corrected chi connectivity index (χ3v) is 3.92. The summed E-state index contributed by atoms with van der Waals surface area (Å²) < 4.78 is 11.2. The molecule has 2 aliphatic rings. The number of rotatable bonds is 4. The minimum absolute atomic E-state index is 0.647. The molecule has 0 spiro atoms. The van der Waals surface area contributed by atoms with Crippen LogP contribution in [0, 0.1) is 0 Å². The molecule has 0 radical (unpaired) electrons. The van der Waals surface area contributed by atoms with Gasteiger partial charge in [-0.15, -0.1) is 0 Å². The van der Waals surface area contributed by atoms with Crippen molar-refractivity contribution in [3.8, 4) is 11.5 Å². The summed E-state index contributed by atoms with van der Waals surface area (Å²) in [6, 6.07) is 6.27. The Balaban J connectivity index is 1.56. The summed E-state index contributed by atoms with van der Waals surface area (Å²) >= 11 is 0. The van der Waals surface area contributed by atoms with E-state index in [-0.39, 0.29) is 0 Å². The fourth-order valence-electron chi connectivity index (χ4n) is 2.80. The summed E-state index contributed by atoms with van der Waals surface area (Å²) in [5.74, 6) is 1.75. The molecule has 0 saturated carbocycles. The normalized spacial score (nSPS) is 20.1. The zero-order chi connectivity index (χ0) is 13.8. The maximum Gasteiger partial charge on any atom is 0.161 e. The first-order chi connectivity index (χ1) is 9.85. The van der Waals surface area contributed by atoms with Crippen LogP contribution in [0.2, 0.25) is 0 Å². The van der Waals surface area contributed by atoms with E-state index < -0.39 is 0 Å². The van der Waals surface area contributed by atoms with Gasteiger partial charge >= 0.3 is 0 Å². The molecular weight excluding hydrogens is 254 g/mol. The van der Waals surface area contributed by atoms with Gasteiger partial charge in [-0.25, -0.2) is 0 Å². The maximum atomic E-state index is 5.64. The van der Waals surface area contributed by atoms with Gasteiger partial charge in [0.05, 0.1) is 0 Å². The van der Waals surface area contributed by atoms with Gasteiger partial charge in [-0.3, -0.25) is 9.80 Å². The molecule has 5 nitrogen and oxygen atoms in total. The predicted octanol–water partition coefficient (Wildman–Crippen LogP) is 0.534. The van der Waals surface area contributed by atoms with Crippen LogP contribution in [0.4, 0.5) is 0 Å². The van der Waals surface area contributed by atoms with Crippen LogP contribution in [-0.4, -0.2) is 62.3 Å². The van der Waals surface area contributed by atoms with Crippen molar-refractivity contribution in [2.45, 2.75) is 6.54 Å².